The van der Waals surface area contributed by atoms with Crippen molar-refractivity contribution in [3.63, 3.8) is 0 Å². The smallest absolute Gasteiger partial charge is 0.407 e. The van der Waals surface area contributed by atoms with E-state index in [2.05, 4.69) is 29.6 Å². The van der Waals surface area contributed by atoms with Crippen molar-refractivity contribution in [3.05, 3.63) is 125 Å². The predicted molar refractivity (Wildman–Crippen MR) is 140 cm³/mol. The maximum Gasteiger partial charge on any atom is 0.407 e. The van der Waals surface area contributed by atoms with Gasteiger partial charge in [0.25, 0.3) is 0 Å². The van der Waals surface area contributed by atoms with Crippen LogP contribution in [-0.2, 0) is 17.8 Å². The summed E-state index contributed by atoms with van der Waals surface area (Å²) >= 11 is 0. The number of hydrogen-bond donors (Lipinski definition) is 2. The molecule has 0 unspecified atom stereocenters. The molecule has 0 bridgehead atoms. The molecule has 0 fully saturated rings. The second kappa shape index (κ2) is 11.1. The zero-order chi connectivity index (χ0) is 24.7. The number of hydrogen-bond acceptors (Lipinski definition) is 4. The number of aliphatic hydroxyl groups is 1. The first-order valence-electron chi connectivity index (χ1n) is 12.2. The van der Waals surface area contributed by atoms with Crippen LogP contribution in [0.5, 0.6) is 5.75 Å². The summed E-state index contributed by atoms with van der Waals surface area (Å²) in [5.41, 5.74) is 6.80. The Hall–Kier alpha value is -4.09. The van der Waals surface area contributed by atoms with Crippen LogP contribution in [0.25, 0.3) is 11.1 Å². The van der Waals surface area contributed by atoms with Crippen molar-refractivity contribution >= 4 is 6.09 Å². The molecule has 2 N–H and O–H groups in total. The zero-order valence-electron chi connectivity index (χ0n) is 20.0. The van der Waals surface area contributed by atoms with Crippen molar-refractivity contribution in [1.29, 1.82) is 0 Å². The molecule has 4 aromatic rings. The van der Waals surface area contributed by atoms with Gasteiger partial charge >= 0.3 is 6.09 Å². The second-order valence-corrected chi connectivity index (χ2v) is 8.97. The summed E-state index contributed by atoms with van der Waals surface area (Å²) in [4.78, 5) is 12.6. The number of carbonyl (C=O) groups is 1. The Morgan fingerprint density at radius 1 is 0.778 bits per heavy atom. The van der Waals surface area contributed by atoms with Gasteiger partial charge in [-0.05, 0) is 51.9 Å². The Labute approximate surface area is 211 Å². The minimum atomic E-state index is -0.529. The first-order valence-corrected chi connectivity index (χ1v) is 12.2. The largest absolute Gasteiger partial charge is 0.489 e. The molecule has 36 heavy (non-hydrogen) atoms. The van der Waals surface area contributed by atoms with E-state index < -0.39 is 12.1 Å². The van der Waals surface area contributed by atoms with E-state index >= 15 is 0 Å². The summed E-state index contributed by atoms with van der Waals surface area (Å²) in [5.74, 6) is 0.770. The normalized spacial score (nSPS) is 12.9. The number of benzene rings is 4. The molecule has 0 spiro atoms. The van der Waals surface area contributed by atoms with Crippen LogP contribution in [0.2, 0.25) is 0 Å². The highest BCUT2D eigenvalue weighted by molar-refractivity contribution is 5.79. The Morgan fingerprint density at radius 2 is 1.39 bits per heavy atom. The summed E-state index contributed by atoms with van der Waals surface area (Å²) in [7, 11) is 0. The van der Waals surface area contributed by atoms with Gasteiger partial charge in [-0.1, -0.05) is 91.0 Å². The van der Waals surface area contributed by atoms with E-state index in [1.54, 1.807) is 0 Å². The molecular weight excluding hydrogens is 450 g/mol. The van der Waals surface area contributed by atoms with Gasteiger partial charge in [-0.2, -0.15) is 0 Å². The van der Waals surface area contributed by atoms with Gasteiger partial charge in [0, 0.05) is 5.92 Å². The average molecular weight is 480 g/mol. The third-order valence-electron chi connectivity index (χ3n) is 6.54. The fraction of sp³-hybridized carbons (Fsp3) is 0.194. The maximum atomic E-state index is 12.6. The molecule has 0 aliphatic heterocycles. The van der Waals surface area contributed by atoms with E-state index in [4.69, 9.17) is 9.47 Å². The molecular formula is C31H29NO4. The van der Waals surface area contributed by atoms with Gasteiger partial charge in [0.1, 0.15) is 19.0 Å². The monoisotopic (exact) mass is 479 g/mol. The summed E-state index contributed by atoms with van der Waals surface area (Å²) in [6.07, 6.45) is -0.0432. The minimum Gasteiger partial charge on any atom is -0.489 e. The molecule has 1 atom stereocenters. The Bertz CT molecular complexity index is 1260. The number of amides is 1. The third-order valence-corrected chi connectivity index (χ3v) is 6.54. The highest BCUT2D eigenvalue weighted by atomic mass is 16.5. The van der Waals surface area contributed by atoms with Gasteiger partial charge in [-0.25, -0.2) is 4.79 Å². The Morgan fingerprint density at radius 3 is 2.03 bits per heavy atom. The van der Waals surface area contributed by atoms with Crippen LogP contribution >= 0.6 is 0 Å². The van der Waals surface area contributed by atoms with Crippen molar-refractivity contribution < 1.29 is 19.4 Å². The van der Waals surface area contributed by atoms with Crippen molar-refractivity contribution in [3.8, 4) is 16.9 Å². The fourth-order valence-electron chi connectivity index (χ4n) is 4.72. The summed E-state index contributed by atoms with van der Waals surface area (Å²) in [6, 6.07) is 33.7. The molecule has 5 heteroatoms. The van der Waals surface area contributed by atoms with Crippen LogP contribution in [0.3, 0.4) is 0 Å². The topological polar surface area (TPSA) is 67.8 Å². The van der Waals surface area contributed by atoms with Crippen LogP contribution in [0, 0.1) is 0 Å². The van der Waals surface area contributed by atoms with Crippen molar-refractivity contribution in [2.24, 2.45) is 0 Å². The lowest BCUT2D eigenvalue weighted by molar-refractivity contribution is 0.132. The number of rotatable bonds is 9. The molecule has 5 rings (SSSR count). The van der Waals surface area contributed by atoms with E-state index in [0.717, 1.165) is 16.9 Å². The lowest BCUT2D eigenvalue weighted by Gasteiger charge is -2.19. The fourth-order valence-corrected chi connectivity index (χ4v) is 4.72. The predicted octanol–water partition coefficient (Wildman–Crippen LogP) is 5.71. The Balaban J connectivity index is 1.14. The highest BCUT2D eigenvalue weighted by Gasteiger charge is 2.29. The van der Waals surface area contributed by atoms with Crippen molar-refractivity contribution in [1.82, 2.24) is 5.32 Å². The molecule has 0 saturated heterocycles. The average Bonchev–Trinajstić information content (AvgIpc) is 3.25. The molecule has 0 saturated carbocycles. The number of alkyl carbamates (subject to hydrolysis) is 1. The molecule has 1 amide bonds. The van der Waals surface area contributed by atoms with Crippen LogP contribution in [-0.4, -0.2) is 30.5 Å². The molecule has 0 aromatic heterocycles. The summed E-state index contributed by atoms with van der Waals surface area (Å²) < 4.78 is 11.5. The first-order chi connectivity index (χ1) is 17.7. The van der Waals surface area contributed by atoms with E-state index in [1.165, 1.54) is 22.3 Å². The van der Waals surface area contributed by atoms with Gasteiger partial charge in [0.15, 0.2) is 0 Å². The molecule has 4 aromatic carbocycles. The molecule has 1 aliphatic rings. The van der Waals surface area contributed by atoms with Crippen LogP contribution in [0.15, 0.2) is 103 Å². The van der Waals surface area contributed by atoms with Gasteiger partial charge in [0.2, 0.25) is 0 Å². The minimum absolute atomic E-state index is 0.000781. The van der Waals surface area contributed by atoms with Gasteiger partial charge in [0.05, 0.1) is 12.6 Å². The highest BCUT2D eigenvalue weighted by Crippen LogP contribution is 2.44. The van der Waals surface area contributed by atoms with Crippen molar-refractivity contribution in [2.75, 3.05) is 13.2 Å². The molecule has 0 radical (unpaired) electrons. The van der Waals surface area contributed by atoms with Crippen LogP contribution < -0.4 is 10.1 Å². The number of aliphatic hydroxyl groups excluding tert-OH is 1. The zero-order valence-corrected chi connectivity index (χ0v) is 20.0. The second-order valence-electron chi connectivity index (χ2n) is 8.97. The van der Waals surface area contributed by atoms with Gasteiger partial charge in [-0.3, -0.25) is 0 Å². The number of nitrogens with one attached hydrogen (secondary N) is 1. The van der Waals surface area contributed by atoms with Crippen molar-refractivity contribution in [2.45, 2.75) is 25.0 Å². The lowest BCUT2D eigenvalue weighted by atomic mass is 9.98. The lowest BCUT2D eigenvalue weighted by Crippen LogP contribution is -2.39. The van der Waals surface area contributed by atoms with E-state index in [9.17, 15) is 9.90 Å². The van der Waals surface area contributed by atoms with E-state index in [-0.39, 0.29) is 19.1 Å². The molecule has 1 aliphatic carbocycles. The van der Waals surface area contributed by atoms with Crippen LogP contribution in [0.1, 0.15) is 28.2 Å². The van der Waals surface area contributed by atoms with E-state index in [1.807, 2.05) is 78.9 Å². The van der Waals surface area contributed by atoms with Gasteiger partial charge < -0.3 is 19.9 Å². The third kappa shape index (κ3) is 5.42. The quantitative estimate of drug-likeness (QED) is 0.323. The molecule has 5 nitrogen and oxygen atoms in total. The summed E-state index contributed by atoms with van der Waals surface area (Å²) in [5, 5.41) is 12.7. The molecule has 182 valence electrons. The van der Waals surface area contributed by atoms with E-state index in [0.29, 0.717) is 13.0 Å². The number of carbonyl (C=O) groups excluding carboxylic acids is 1. The summed E-state index contributed by atoms with van der Waals surface area (Å²) in [6.45, 7) is 0.560. The Kier molecular flexibility index (Phi) is 7.29. The standard InChI is InChI=1S/C31H29NO4/c33-19-24(18-22-14-16-25(17-15-22)35-20-23-8-2-1-3-9-23)32-31(34)36-21-30-28-12-6-4-10-26(28)27-11-5-7-13-29(27)30/h1-17,24,30,33H,18-21H2,(H,32,34)/t24-/m1/s1. The first kappa shape index (κ1) is 23.6. The number of ether oxygens (including phenoxy) is 2. The van der Waals surface area contributed by atoms with Gasteiger partial charge in [-0.15, -0.1) is 0 Å². The molecule has 0 heterocycles. The SMILES string of the molecule is O=C(N[C@@H](CO)Cc1ccc(OCc2ccccc2)cc1)OCC1c2ccccc2-c2ccccc21. The number of fused-ring (bicyclic) bond motifs is 3. The maximum absolute atomic E-state index is 12.6. The van der Waals surface area contributed by atoms with Crippen LogP contribution in [0.4, 0.5) is 4.79 Å².